The predicted molar refractivity (Wildman–Crippen MR) is 105 cm³/mol. The van der Waals surface area contributed by atoms with Gasteiger partial charge in [-0.05, 0) is 37.5 Å². The van der Waals surface area contributed by atoms with E-state index < -0.39 is 5.97 Å². The molecule has 0 saturated heterocycles. The summed E-state index contributed by atoms with van der Waals surface area (Å²) in [5, 5.41) is 1.05. The van der Waals surface area contributed by atoms with Crippen LogP contribution in [-0.2, 0) is 16.0 Å². The molecule has 1 aliphatic heterocycles. The molecule has 0 bridgehead atoms. The van der Waals surface area contributed by atoms with Crippen LogP contribution in [0.4, 0.5) is 5.69 Å². The van der Waals surface area contributed by atoms with Gasteiger partial charge in [0, 0.05) is 22.6 Å². The highest BCUT2D eigenvalue weighted by molar-refractivity contribution is 6.38. The number of fused-ring (bicyclic) bond motifs is 2. The number of amides is 1. The normalized spacial score (nSPS) is 16.2. The fraction of sp³-hybridized carbons (Fsp3) is 0.238. The van der Waals surface area contributed by atoms with Crippen LogP contribution >= 0.6 is 11.6 Å². The molecule has 1 aromatic heterocycles. The number of anilines is 1. The maximum atomic E-state index is 12.8. The molecule has 5 nitrogen and oxygen atoms in total. The molecule has 2 heterocycles. The third-order valence-corrected chi connectivity index (χ3v) is 5.36. The summed E-state index contributed by atoms with van der Waals surface area (Å²) in [7, 11) is 0. The Kier molecular flexibility index (Phi) is 4.62. The number of hydrogen-bond donors (Lipinski definition) is 1. The van der Waals surface area contributed by atoms with E-state index in [1.165, 1.54) is 0 Å². The molecule has 0 aliphatic carbocycles. The Morgan fingerprint density at radius 2 is 1.93 bits per heavy atom. The number of para-hydroxylation sites is 2. The van der Waals surface area contributed by atoms with Crippen molar-refractivity contribution >= 4 is 40.1 Å². The van der Waals surface area contributed by atoms with E-state index in [1.54, 1.807) is 4.90 Å². The van der Waals surface area contributed by atoms with E-state index in [0.717, 1.165) is 35.0 Å². The summed E-state index contributed by atoms with van der Waals surface area (Å²) in [5.41, 5.74) is 2.94. The monoisotopic (exact) mass is 382 g/mol. The second kappa shape index (κ2) is 7.08. The Morgan fingerprint density at radius 3 is 2.74 bits per heavy atom. The summed E-state index contributed by atoms with van der Waals surface area (Å²) >= 11 is 6.28. The topological polar surface area (TPSA) is 62.4 Å². The second-order valence-corrected chi connectivity index (χ2v) is 7.09. The van der Waals surface area contributed by atoms with Crippen LogP contribution in [0.15, 0.2) is 48.5 Å². The van der Waals surface area contributed by atoms with Gasteiger partial charge in [0.1, 0.15) is 5.69 Å². The fourth-order valence-corrected chi connectivity index (χ4v) is 3.87. The Hall–Kier alpha value is -2.79. The third kappa shape index (κ3) is 3.19. The summed E-state index contributed by atoms with van der Waals surface area (Å²) in [5.74, 6) is -0.877. The van der Waals surface area contributed by atoms with Gasteiger partial charge in [-0.25, -0.2) is 4.79 Å². The van der Waals surface area contributed by atoms with Crippen LogP contribution in [0.5, 0.6) is 0 Å². The minimum Gasteiger partial charge on any atom is -0.451 e. The Bertz CT molecular complexity index is 1030. The highest BCUT2D eigenvalue weighted by atomic mass is 35.5. The molecule has 6 heteroatoms. The van der Waals surface area contributed by atoms with Crippen molar-refractivity contribution in [2.75, 3.05) is 11.5 Å². The van der Waals surface area contributed by atoms with Crippen LogP contribution in [0.2, 0.25) is 5.02 Å². The number of aryl methyl sites for hydroxylation is 1. The van der Waals surface area contributed by atoms with E-state index in [0.29, 0.717) is 5.02 Å². The van der Waals surface area contributed by atoms with Crippen molar-refractivity contribution in [2.24, 2.45) is 0 Å². The Balaban J connectivity index is 1.50. The van der Waals surface area contributed by atoms with Gasteiger partial charge in [-0.3, -0.25) is 4.79 Å². The number of ether oxygens (including phenoxy) is 1. The molecule has 0 saturated carbocycles. The highest BCUT2D eigenvalue weighted by Crippen LogP contribution is 2.31. The number of nitrogens with zero attached hydrogens (tertiary/aromatic N) is 1. The first kappa shape index (κ1) is 17.6. The number of nitrogens with one attached hydrogen (secondary N) is 1. The van der Waals surface area contributed by atoms with Crippen molar-refractivity contribution in [3.63, 3.8) is 0 Å². The maximum absolute atomic E-state index is 12.8. The molecule has 0 fully saturated rings. The molecule has 4 rings (SSSR count). The van der Waals surface area contributed by atoms with Gasteiger partial charge in [0.25, 0.3) is 5.91 Å². The van der Waals surface area contributed by atoms with Gasteiger partial charge in [-0.15, -0.1) is 0 Å². The molecule has 0 radical (unpaired) electrons. The van der Waals surface area contributed by atoms with Crippen LogP contribution < -0.4 is 4.90 Å². The summed E-state index contributed by atoms with van der Waals surface area (Å²) in [6.07, 6.45) is 1.82. The minimum absolute atomic E-state index is 0.0581. The van der Waals surface area contributed by atoms with Crippen molar-refractivity contribution in [3.8, 4) is 0 Å². The molecular weight excluding hydrogens is 364 g/mol. The van der Waals surface area contributed by atoms with Gasteiger partial charge in [-0.1, -0.05) is 48.0 Å². The Morgan fingerprint density at radius 1 is 1.19 bits per heavy atom. The lowest BCUT2D eigenvalue weighted by atomic mass is 9.96. The third-order valence-electron chi connectivity index (χ3n) is 4.97. The first-order valence-electron chi connectivity index (χ1n) is 8.89. The lowest BCUT2D eigenvalue weighted by Crippen LogP contribution is -2.44. The van der Waals surface area contributed by atoms with Crippen LogP contribution in [-0.4, -0.2) is 29.5 Å². The summed E-state index contributed by atoms with van der Waals surface area (Å²) in [4.78, 5) is 29.9. The van der Waals surface area contributed by atoms with Gasteiger partial charge in [-0.2, -0.15) is 0 Å². The van der Waals surface area contributed by atoms with Gasteiger partial charge < -0.3 is 14.6 Å². The zero-order valence-electron chi connectivity index (χ0n) is 14.9. The second-order valence-electron chi connectivity index (χ2n) is 6.72. The molecule has 1 amide bonds. The molecule has 1 unspecified atom stereocenters. The number of benzene rings is 2. The smallest absolute Gasteiger partial charge is 0.356 e. The van der Waals surface area contributed by atoms with Crippen LogP contribution in [0.25, 0.3) is 10.9 Å². The van der Waals surface area contributed by atoms with E-state index >= 15 is 0 Å². The summed E-state index contributed by atoms with van der Waals surface area (Å²) in [6, 6.07) is 15.2. The first-order chi connectivity index (χ1) is 13.1. The van der Waals surface area contributed by atoms with Crippen molar-refractivity contribution < 1.29 is 14.3 Å². The summed E-state index contributed by atoms with van der Waals surface area (Å²) < 4.78 is 5.27. The highest BCUT2D eigenvalue weighted by Gasteiger charge is 2.29. The van der Waals surface area contributed by atoms with E-state index in [-0.39, 0.29) is 24.2 Å². The molecule has 27 heavy (non-hydrogen) atoms. The fourth-order valence-electron chi connectivity index (χ4n) is 3.59. The zero-order valence-corrected chi connectivity index (χ0v) is 15.6. The first-order valence-corrected chi connectivity index (χ1v) is 9.27. The SMILES string of the molecule is CC1CCc2ccccc2N1C(=O)COC(=O)c1[nH]c2ccccc2c1Cl. The van der Waals surface area contributed by atoms with Gasteiger partial charge in [0.2, 0.25) is 0 Å². The maximum Gasteiger partial charge on any atom is 0.356 e. The number of aromatic nitrogens is 1. The van der Waals surface area contributed by atoms with Crippen molar-refractivity contribution in [3.05, 3.63) is 64.8 Å². The number of aromatic amines is 1. The molecule has 1 N–H and O–H groups in total. The Labute approximate surface area is 161 Å². The molecule has 1 aliphatic rings. The van der Waals surface area contributed by atoms with Gasteiger partial charge >= 0.3 is 5.97 Å². The van der Waals surface area contributed by atoms with Gasteiger partial charge in [0.15, 0.2) is 6.61 Å². The number of halogens is 1. The quantitative estimate of drug-likeness (QED) is 0.685. The predicted octanol–water partition coefficient (Wildman–Crippen LogP) is 4.35. The molecular formula is C21H19ClN2O3. The molecule has 1 atom stereocenters. The number of H-pyrrole nitrogens is 1. The lowest BCUT2D eigenvalue weighted by Gasteiger charge is -2.35. The van der Waals surface area contributed by atoms with E-state index in [9.17, 15) is 9.59 Å². The summed E-state index contributed by atoms with van der Waals surface area (Å²) in [6.45, 7) is 1.67. The number of carbonyl (C=O) groups excluding carboxylic acids is 2. The van der Waals surface area contributed by atoms with Crippen LogP contribution in [0, 0.1) is 0 Å². The molecule has 2 aromatic carbocycles. The van der Waals surface area contributed by atoms with Gasteiger partial charge in [0.05, 0.1) is 5.02 Å². The standard InChI is InChI=1S/C21H19ClN2O3/c1-13-10-11-14-6-2-5-9-17(14)24(13)18(25)12-27-21(26)20-19(22)15-7-3-4-8-16(15)23-20/h2-9,13,23H,10-12H2,1H3. The number of rotatable bonds is 3. The van der Waals surface area contributed by atoms with E-state index in [4.69, 9.17) is 16.3 Å². The number of esters is 1. The largest absolute Gasteiger partial charge is 0.451 e. The van der Waals surface area contributed by atoms with Crippen molar-refractivity contribution in [1.82, 2.24) is 4.98 Å². The lowest BCUT2D eigenvalue weighted by molar-refractivity contribution is -0.122. The average molecular weight is 383 g/mol. The van der Waals surface area contributed by atoms with Crippen molar-refractivity contribution in [1.29, 1.82) is 0 Å². The zero-order chi connectivity index (χ0) is 19.0. The van der Waals surface area contributed by atoms with Crippen molar-refractivity contribution in [2.45, 2.75) is 25.8 Å². The van der Waals surface area contributed by atoms with E-state index in [1.807, 2.05) is 55.5 Å². The van der Waals surface area contributed by atoms with Crippen LogP contribution in [0.3, 0.4) is 0 Å². The molecule has 3 aromatic rings. The number of carbonyl (C=O) groups is 2. The molecule has 0 spiro atoms. The average Bonchev–Trinajstić information content (AvgIpc) is 3.03. The molecule has 138 valence electrons. The minimum atomic E-state index is -0.637. The van der Waals surface area contributed by atoms with E-state index in [2.05, 4.69) is 4.98 Å². The van der Waals surface area contributed by atoms with Crippen LogP contribution in [0.1, 0.15) is 29.4 Å². The number of hydrogen-bond acceptors (Lipinski definition) is 3.